The summed E-state index contributed by atoms with van der Waals surface area (Å²) in [6.45, 7) is 0. The van der Waals surface area contributed by atoms with Crippen LogP contribution in [-0.4, -0.2) is 17.2 Å². The molecular weight excluding hydrogens is 145 g/mol. The second-order valence-corrected chi connectivity index (χ2v) is 2.88. The second kappa shape index (κ2) is 1.96. The largest absolute Gasteiger partial charge is 0.372 e. The summed E-state index contributed by atoms with van der Waals surface area (Å²) in [7, 11) is 1.76. The molecule has 0 atom stereocenters. The Hall–Kier alpha value is -1.06. The van der Waals surface area contributed by atoms with Crippen LogP contribution >= 0.6 is 0 Å². The highest BCUT2D eigenvalue weighted by Gasteiger charge is 2.46. The Morgan fingerprint density at radius 1 is 1.73 bits per heavy atom. The molecule has 1 aromatic rings. The third kappa shape index (κ3) is 0.982. The number of nitrogens with zero attached hydrogens (tertiary/aromatic N) is 1. The topological polar surface area (TPSA) is 40.7 Å². The molecule has 0 saturated heterocycles. The molecule has 0 radical (unpaired) electrons. The van der Waals surface area contributed by atoms with Crippen molar-refractivity contribution in [1.82, 2.24) is 10.2 Å². The lowest BCUT2D eigenvalue weighted by molar-refractivity contribution is 0.309. The number of aromatic nitrogens is 2. The van der Waals surface area contributed by atoms with Crippen molar-refractivity contribution < 1.29 is 4.39 Å². The highest BCUT2D eigenvalue weighted by molar-refractivity contribution is 5.37. The van der Waals surface area contributed by atoms with Crippen molar-refractivity contribution in [3.8, 4) is 0 Å². The van der Waals surface area contributed by atoms with Crippen LogP contribution in [0.15, 0.2) is 6.07 Å². The van der Waals surface area contributed by atoms with Crippen LogP contribution in [-0.2, 0) is 5.67 Å². The Bertz CT molecular complexity index is 264. The summed E-state index contributed by atoms with van der Waals surface area (Å²) in [6.07, 6.45) is 1.25. The first-order valence-corrected chi connectivity index (χ1v) is 3.67. The molecule has 2 rings (SSSR count). The van der Waals surface area contributed by atoms with Gasteiger partial charge in [-0.3, -0.25) is 5.10 Å². The minimum atomic E-state index is -1.10. The summed E-state index contributed by atoms with van der Waals surface area (Å²) in [4.78, 5) is 0. The molecule has 2 N–H and O–H groups in total. The van der Waals surface area contributed by atoms with Crippen molar-refractivity contribution in [2.45, 2.75) is 18.5 Å². The maximum Gasteiger partial charge on any atom is 0.152 e. The van der Waals surface area contributed by atoms with E-state index < -0.39 is 5.67 Å². The van der Waals surface area contributed by atoms with E-state index in [2.05, 4.69) is 15.5 Å². The number of anilines is 1. The molecule has 0 bridgehead atoms. The van der Waals surface area contributed by atoms with Gasteiger partial charge < -0.3 is 5.32 Å². The first kappa shape index (κ1) is 6.64. The van der Waals surface area contributed by atoms with E-state index in [-0.39, 0.29) is 0 Å². The summed E-state index contributed by atoms with van der Waals surface area (Å²) in [5.41, 5.74) is -0.496. The molecule has 1 aliphatic rings. The van der Waals surface area contributed by atoms with Crippen molar-refractivity contribution in [2.24, 2.45) is 0 Å². The molecule has 0 aromatic carbocycles. The molecule has 0 unspecified atom stereocenters. The average Bonchev–Trinajstić information content (AvgIpc) is 2.61. The van der Waals surface area contributed by atoms with Crippen LogP contribution in [0.3, 0.4) is 0 Å². The van der Waals surface area contributed by atoms with Crippen molar-refractivity contribution in [3.63, 3.8) is 0 Å². The third-order valence-corrected chi connectivity index (χ3v) is 2.01. The van der Waals surface area contributed by atoms with E-state index in [4.69, 9.17) is 0 Å². The summed E-state index contributed by atoms with van der Waals surface area (Å²) in [5.74, 6) is 0.698. The highest BCUT2D eigenvalue weighted by atomic mass is 19.1. The summed E-state index contributed by atoms with van der Waals surface area (Å²) in [5, 5.41) is 9.37. The lowest BCUT2D eigenvalue weighted by atomic mass is 10.2. The Labute approximate surface area is 64.0 Å². The number of hydrogen-bond acceptors (Lipinski definition) is 2. The van der Waals surface area contributed by atoms with Gasteiger partial charge in [-0.1, -0.05) is 0 Å². The molecule has 1 fully saturated rings. The quantitative estimate of drug-likeness (QED) is 0.678. The molecule has 1 aliphatic carbocycles. The van der Waals surface area contributed by atoms with Crippen LogP contribution in [0.4, 0.5) is 10.2 Å². The normalized spacial score (nSPS) is 19.8. The zero-order valence-electron chi connectivity index (χ0n) is 6.32. The van der Waals surface area contributed by atoms with Crippen LogP contribution in [0.2, 0.25) is 0 Å². The Morgan fingerprint density at radius 3 is 2.91 bits per heavy atom. The van der Waals surface area contributed by atoms with E-state index >= 15 is 0 Å². The number of H-pyrrole nitrogens is 1. The Morgan fingerprint density at radius 2 is 2.45 bits per heavy atom. The Balaban J connectivity index is 2.25. The minimum absolute atomic E-state index is 0.599. The van der Waals surface area contributed by atoms with Crippen molar-refractivity contribution in [3.05, 3.63) is 11.8 Å². The van der Waals surface area contributed by atoms with Crippen molar-refractivity contribution in [2.75, 3.05) is 12.4 Å². The van der Waals surface area contributed by atoms with Gasteiger partial charge in [-0.25, -0.2) is 4.39 Å². The molecule has 1 aromatic heterocycles. The first-order valence-electron chi connectivity index (χ1n) is 3.67. The molecule has 3 nitrogen and oxygen atoms in total. The Kier molecular flexibility index (Phi) is 1.19. The SMILES string of the molecule is CNc1cc(C2(F)CC2)[nH]n1. The van der Waals surface area contributed by atoms with Crippen molar-refractivity contribution in [1.29, 1.82) is 0 Å². The van der Waals surface area contributed by atoms with Crippen LogP contribution in [0.25, 0.3) is 0 Å². The van der Waals surface area contributed by atoms with Crippen molar-refractivity contribution >= 4 is 5.82 Å². The lowest BCUT2D eigenvalue weighted by Crippen LogP contribution is -1.96. The summed E-state index contributed by atoms with van der Waals surface area (Å²) < 4.78 is 13.3. The van der Waals surface area contributed by atoms with Gasteiger partial charge in [0.15, 0.2) is 5.67 Å². The van der Waals surface area contributed by atoms with E-state index in [9.17, 15) is 4.39 Å². The fourth-order valence-corrected chi connectivity index (χ4v) is 1.06. The average molecular weight is 155 g/mol. The van der Waals surface area contributed by atoms with Crippen LogP contribution < -0.4 is 5.32 Å². The second-order valence-electron chi connectivity index (χ2n) is 2.88. The molecular formula is C7H10FN3. The van der Waals surface area contributed by atoms with E-state index in [0.717, 1.165) is 0 Å². The molecule has 0 aliphatic heterocycles. The molecule has 1 heterocycles. The van der Waals surface area contributed by atoms with E-state index in [1.807, 2.05) is 0 Å². The van der Waals surface area contributed by atoms with E-state index in [1.54, 1.807) is 13.1 Å². The monoisotopic (exact) mass is 155 g/mol. The zero-order valence-corrected chi connectivity index (χ0v) is 6.32. The van der Waals surface area contributed by atoms with E-state index in [1.165, 1.54) is 0 Å². The highest BCUT2D eigenvalue weighted by Crippen LogP contribution is 2.48. The van der Waals surface area contributed by atoms with E-state index in [0.29, 0.717) is 24.4 Å². The lowest BCUT2D eigenvalue weighted by Gasteiger charge is -1.96. The number of hydrogen-bond donors (Lipinski definition) is 2. The maximum atomic E-state index is 13.3. The van der Waals surface area contributed by atoms with Gasteiger partial charge in [0, 0.05) is 13.1 Å². The van der Waals surface area contributed by atoms with Gasteiger partial charge in [-0.2, -0.15) is 5.10 Å². The van der Waals surface area contributed by atoms with Gasteiger partial charge in [0.2, 0.25) is 0 Å². The minimum Gasteiger partial charge on any atom is -0.372 e. The van der Waals surface area contributed by atoms with Crippen LogP contribution in [0, 0.1) is 0 Å². The first-order chi connectivity index (χ1) is 5.24. The fourth-order valence-electron chi connectivity index (χ4n) is 1.06. The standard InChI is InChI=1S/C7H10FN3/c1-9-6-4-5(10-11-6)7(8)2-3-7/h4H,2-3H2,1H3,(H2,9,10,11). The van der Waals surface area contributed by atoms with Crippen LogP contribution in [0.1, 0.15) is 18.5 Å². The molecule has 0 amide bonds. The molecule has 4 heteroatoms. The number of aromatic amines is 1. The van der Waals surface area contributed by atoms with Gasteiger partial charge in [0.25, 0.3) is 0 Å². The summed E-state index contributed by atoms with van der Waals surface area (Å²) in [6, 6.07) is 1.72. The number of rotatable bonds is 2. The van der Waals surface area contributed by atoms with Gasteiger partial charge in [-0.05, 0) is 12.8 Å². The van der Waals surface area contributed by atoms with Gasteiger partial charge >= 0.3 is 0 Å². The molecule has 11 heavy (non-hydrogen) atoms. The fraction of sp³-hybridized carbons (Fsp3) is 0.571. The predicted molar refractivity (Wildman–Crippen MR) is 40.2 cm³/mol. The number of alkyl halides is 1. The summed E-state index contributed by atoms with van der Waals surface area (Å²) >= 11 is 0. The third-order valence-electron chi connectivity index (χ3n) is 2.01. The smallest absolute Gasteiger partial charge is 0.152 e. The molecule has 0 spiro atoms. The van der Waals surface area contributed by atoms with Gasteiger partial charge in [0.1, 0.15) is 5.82 Å². The number of halogens is 1. The molecule has 60 valence electrons. The van der Waals surface area contributed by atoms with Gasteiger partial charge in [0.05, 0.1) is 5.69 Å². The van der Waals surface area contributed by atoms with Crippen LogP contribution in [0.5, 0.6) is 0 Å². The van der Waals surface area contributed by atoms with Gasteiger partial charge in [-0.15, -0.1) is 0 Å². The molecule has 1 saturated carbocycles. The maximum absolute atomic E-state index is 13.3. The zero-order chi connectivity index (χ0) is 7.90. The predicted octanol–water partition coefficient (Wildman–Crippen LogP) is 1.41. The number of nitrogens with one attached hydrogen (secondary N) is 2.